The summed E-state index contributed by atoms with van der Waals surface area (Å²) >= 11 is 1.22. The van der Waals surface area contributed by atoms with Crippen LogP contribution in [0.25, 0.3) is 0 Å². The van der Waals surface area contributed by atoms with Crippen molar-refractivity contribution in [1.82, 2.24) is 0 Å². The minimum atomic E-state index is -0.551. The summed E-state index contributed by atoms with van der Waals surface area (Å²) in [5.41, 5.74) is 0.0203. The Morgan fingerprint density at radius 3 is 2.57 bits per heavy atom. The Balaban J connectivity index is 1.80. The van der Waals surface area contributed by atoms with Gasteiger partial charge in [0.05, 0.1) is 12.8 Å². The van der Waals surface area contributed by atoms with Crippen LogP contribution < -0.4 is 21.5 Å². The normalized spacial score (nSPS) is 15.5. The summed E-state index contributed by atoms with van der Waals surface area (Å²) in [7, 11) is 1.30. The van der Waals surface area contributed by atoms with E-state index in [0.29, 0.717) is 16.3 Å². The van der Waals surface area contributed by atoms with Crippen molar-refractivity contribution in [2.45, 2.75) is 38.1 Å². The van der Waals surface area contributed by atoms with Crippen molar-refractivity contribution in [3.05, 3.63) is 36.8 Å². The first kappa shape index (κ1) is 15.7. The summed E-state index contributed by atoms with van der Waals surface area (Å²) in [4.78, 5) is 35.8. The first-order chi connectivity index (χ1) is 11.1. The van der Waals surface area contributed by atoms with Gasteiger partial charge in [0, 0.05) is 6.04 Å². The van der Waals surface area contributed by atoms with Gasteiger partial charge >= 0.3 is 5.97 Å². The fraction of sp³-hybridized carbons (Fsp3) is 0.438. The zero-order valence-corrected chi connectivity index (χ0v) is 13.6. The molecular weight excluding hydrogens is 316 g/mol. The number of rotatable bonds is 5. The molecule has 23 heavy (non-hydrogen) atoms. The van der Waals surface area contributed by atoms with E-state index in [9.17, 15) is 14.4 Å². The van der Waals surface area contributed by atoms with Crippen LogP contribution in [0.5, 0.6) is 0 Å². The third-order valence-electron chi connectivity index (χ3n) is 4.16. The number of carbonyl (C=O) groups excluding carboxylic acids is 1. The van der Waals surface area contributed by atoms with Gasteiger partial charge in [-0.15, -0.1) is 11.3 Å². The molecule has 1 aromatic heterocycles. The van der Waals surface area contributed by atoms with Gasteiger partial charge in [0.1, 0.15) is 16.3 Å². The smallest absolute Gasteiger partial charge is 0.350 e. The summed E-state index contributed by atoms with van der Waals surface area (Å²) in [5, 5.41) is 7.84. The molecular formula is C16H18N2O4S. The molecule has 0 saturated heterocycles. The van der Waals surface area contributed by atoms with Gasteiger partial charge < -0.3 is 15.4 Å². The number of thiophene rings is 1. The Morgan fingerprint density at radius 1 is 1.17 bits per heavy atom. The molecule has 1 aromatic carbocycles. The van der Waals surface area contributed by atoms with Gasteiger partial charge in [-0.1, -0.05) is 19.3 Å². The van der Waals surface area contributed by atoms with E-state index in [1.807, 2.05) is 0 Å². The molecule has 1 saturated carbocycles. The summed E-state index contributed by atoms with van der Waals surface area (Å²) in [5.74, 6) is -0.469. The average Bonchev–Trinajstić information content (AvgIpc) is 3.06. The van der Waals surface area contributed by atoms with E-state index in [2.05, 4.69) is 10.6 Å². The van der Waals surface area contributed by atoms with E-state index in [4.69, 9.17) is 4.74 Å². The first-order valence-electron chi connectivity index (χ1n) is 7.64. The number of ether oxygens (including phenoxy) is 1. The maximum absolute atomic E-state index is 11.9. The standard InChI is InChI=1S/C16H18N2O4S/c1-22-16(21)15-10(7-8-23-15)18-12-11(13(19)14(12)20)17-9-5-3-2-4-6-9/h7-9,17-18H,2-6H2,1H3. The SMILES string of the molecule is COC(=O)c1sccc1Nc1c(NC2CCCCC2)c(=O)c1=O. The average molecular weight is 334 g/mol. The van der Waals surface area contributed by atoms with E-state index < -0.39 is 16.8 Å². The van der Waals surface area contributed by atoms with Crippen LogP contribution in [0.15, 0.2) is 21.0 Å². The van der Waals surface area contributed by atoms with Gasteiger partial charge in [-0.3, -0.25) is 9.59 Å². The van der Waals surface area contributed by atoms with Crippen molar-refractivity contribution in [1.29, 1.82) is 0 Å². The van der Waals surface area contributed by atoms with Crippen LogP contribution in [0.4, 0.5) is 17.1 Å². The molecule has 0 amide bonds. The van der Waals surface area contributed by atoms with Crippen molar-refractivity contribution in [3.63, 3.8) is 0 Å². The van der Waals surface area contributed by atoms with Gasteiger partial charge in [-0.05, 0) is 24.3 Å². The van der Waals surface area contributed by atoms with Gasteiger partial charge in [0.2, 0.25) is 0 Å². The predicted molar refractivity (Wildman–Crippen MR) is 90.8 cm³/mol. The fourth-order valence-electron chi connectivity index (χ4n) is 2.89. The molecule has 6 nitrogen and oxygen atoms in total. The first-order valence-corrected chi connectivity index (χ1v) is 8.52. The molecule has 0 spiro atoms. The molecule has 122 valence electrons. The van der Waals surface area contributed by atoms with Crippen molar-refractivity contribution < 1.29 is 9.53 Å². The monoisotopic (exact) mass is 334 g/mol. The highest BCUT2D eigenvalue weighted by Crippen LogP contribution is 2.29. The molecule has 2 N–H and O–H groups in total. The Hall–Kier alpha value is -2.15. The molecule has 0 unspecified atom stereocenters. The second-order valence-electron chi connectivity index (χ2n) is 5.67. The van der Waals surface area contributed by atoms with Gasteiger partial charge in [-0.25, -0.2) is 4.79 Å². The third-order valence-corrected chi connectivity index (χ3v) is 5.05. The molecule has 1 aliphatic rings. The zero-order chi connectivity index (χ0) is 16.4. The minimum Gasteiger partial charge on any atom is -0.465 e. The number of hydrogen-bond acceptors (Lipinski definition) is 7. The minimum absolute atomic E-state index is 0.232. The largest absolute Gasteiger partial charge is 0.465 e. The second-order valence-corrected chi connectivity index (χ2v) is 6.58. The zero-order valence-electron chi connectivity index (χ0n) is 12.8. The molecule has 7 heteroatoms. The highest BCUT2D eigenvalue weighted by molar-refractivity contribution is 7.12. The molecule has 0 bridgehead atoms. The lowest BCUT2D eigenvalue weighted by molar-refractivity contribution is 0.0607. The van der Waals surface area contributed by atoms with E-state index in [-0.39, 0.29) is 11.7 Å². The highest BCUT2D eigenvalue weighted by atomic mass is 32.1. The van der Waals surface area contributed by atoms with Crippen LogP contribution in [0.3, 0.4) is 0 Å². The lowest BCUT2D eigenvalue weighted by atomic mass is 9.95. The van der Waals surface area contributed by atoms with Crippen LogP contribution in [-0.2, 0) is 4.74 Å². The number of methoxy groups -OCH3 is 1. The Morgan fingerprint density at radius 2 is 1.87 bits per heavy atom. The van der Waals surface area contributed by atoms with Crippen LogP contribution >= 0.6 is 11.3 Å². The summed E-state index contributed by atoms with van der Waals surface area (Å²) in [6, 6.07) is 1.92. The van der Waals surface area contributed by atoms with Crippen molar-refractivity contribution in [3.8, 4) is 0 Å². The second kappa shape index (κ2) is 6.54. The number of esters is 1. The lowest BCUT2D eigenvalue weighted by Gasteiger charge is -2.25. The molecule has 0 radical (unpaired) electrons. The molecule has 1 heterocycles. The topological polar surface area (TPSA) is 84.5 Å². The van der Waals surface area contributed by atoms with Gasteiger partial charge in [-0.2, -0.15) is 0 Å². The fourth-order valence-corrected chi connectivity index (χ4v) is 3.66. The Kier molecular flexibility index (Phi) is 4.47. The molecule has 1 fully saturated rings. The molecule has 2 aromatic rings. The quantitative estimate of drug-likeness (QED) is 0.646. The van der Waals surface area contributed by atoms with Crippen LogP contribution in [0, 0.1) is 0 Å². The summed E-state index contributed by atoms with van der Waals surface area (Å²) in [6.07, 6.45) is 5.49. The maximum atomic E-state index is 11.9. The molecule has 0 atom stereocenters. The number of carbonyl (C=O) groups is 1. The number of nitrogens with one attached hydrogen (secondary N) is 2. The molecule has 3 rings (SSSR count). The summed E-state index contributed by atoms with van der Waals surface area (Å²) < 4.78 is 4.71. The predicted octanol–water partition coefficient (Wildman–Crippen LogP) is 2.62. The van der Waals surface area contributed by atoms with E-state index in [1.165, 1.54) is 24.9 Å². The third kappa shape index (κ3) is 3.01. The Bertz CT molecular complexity index is 782. The highest BCUT2D eigenvalue weighted by Gasteiger charge is 2.26. The van der Waals surface area contributed by atoms with Crippen molar-refractivity contribution >= 4 is 34.4 Å². The van der Waals surface area contributed by atoms with Crippen LogP contribution in [0.1, 0.15) is 41.8 Å². The van der Waals surface area contributed by atoms with Crippen molar-refractivity contribution in [2.75, 3.05) is 17.7 Å². The number of anilines is 3. The number of hydrogen-bond donors (Lipinski definition) is 2. The Labute approximate surface area is 137 Å². The van der Waals surface area contributed by atoms with E-state index in [0.717, 1.165) is 25.7 Å². The van der Waals surface area contributed by atoms with E-state index >= 15 is 0 Å². The lowest BCUT2D eigenvalue weighted by Crippen LogP contribution is -2.39. The van der Waals surface area contributed by atoms with E-state index in [1.54, 1.807) is 11.4 Å². The summed E-state index contributed by atoms with van der Waals surface area (Å²) in [6.45, 7) is 0. The maximum Gasteiger partial charge on any atom is 0.350 e. The molecule has 1 aliphatic carbocycles. The van der Waals surface area contributed by atoms with Gasteiger partial charge in [0.25, 0.3) is 10.9 Å². The van der Waals surface area contributed by atoms with Gasteiger partial charge in [0.15, 0.2) is 0 Å². The van der Waals surface area contributed by atoms with Crippen LogP contribution in [0.2, 0.25) is 0 Å². The van der Waals surface area contributed by atoms with Crippen LogP contribution in [-0.4, -0.2) is 19.1 Å². The van der Waals surface area contributed by atoms with Crippen molar-refractivity contribution in [2.24, 2.45) is 0 Å². The molecule has 0 aliphatic heterocycles.